The quantitative estimate of drug-likeness (QED) is 0.563. The average molecular weight is 125 g/mol. The zero-order chi connectivity index (χ0) is 7.28. The van der Waals surface area contributed by atoms with Crippen molar-refractivity contribution in [3.63, 3.8) is 0 Å². The van der Waals surface area contributed by atoms with E-state index in [-0.39, 0.29) is 6.61 Å². The summed E-state index contributed by atoms with van der Waals surface area (Å²) >= 11 is 0. The minimum Gasteiger partial charge on any atom is -0.390 e. The highest BCUT2D eigenvalue weighted by Crippen LogP contribution is 1.90. The summed E-state index contributed by atoms with van der Waals surface area (Å²) in [5.41, 5.74) is 1.24. The van der Waals surface area contributed by atoms with Crippen molar-refractivity contribution in [2.24, 2.45) is 4.99 Å². The maximum absolute atomic E-state index is 8.53. The van der Waals surface area contributed by atoms with Crippen LogP contribution >= 0.6 is 0 Å². The lowest BCUT2D eigenvalue weighted by atomic mass is 10.4. The van der Waals surface area contributed by atoms with Crippen LogP contribution in [0.15, 0.2) is 29.9 Å². The summed E-state index contributed by atoms with van der Waals surface area (Å²) < 4.78 is 0. The summed E-state index contributed by atoms with van der Waals surface area (Å²) in [5, 5.41) is 8.53. The molecule has 0 aliphatic carbocycles. The summed E-state index contributed by atoms with van der Waals surface area (Å²) in [5.74, 6) is 0. The molecule has 0 aliphatic rings. The SMILES string of the molecule is C=CC(CO)=NC(=C)C. The van der Waals surface area contributed by atoms with Crippen molar-refractivity contribution >= 4 is 5.71 Å². The molecule has 0 aromatic rings. The molecule has 0 radical (unpaired) electrons. The number of aliphatic imine (C=N–C) groups is 1. The largest absolute Gasteiger partial charge is 0.390 e. The Hall–Kier alpha value is -0.890. The van der Waals surface area contributed by atoms with Gasteiger partial charge >= 0.3 is 0 Å². The lowest BCUT2D eigenvalue weighted by molar-refractivity contribution is 0.358. The predicted octanol–water partition coefficient (Wildman–Crippen LogP) is 1.14. The third-order valence-corrected chi connectivity index (χ3v) is 0.732. The zero-order valence-electron chi connectivity index (χ0n) is 5.59. The Morgan fingerprint density at radius 1 is 1.78 bits per heavy atom. The van der Waals surface area contributed by atoms with Gasteiger partial charge in [-0.05, 0) is 13.0 Å². The highest BCUT2D eigenvalue weighted by Gasteiger charge is 1.86. The molecule has 50 valence electrons. The van der Waals surface area contributed by atoms with E-state index in [2.05, 4.69) is 18.2 Å². The third kappa shape index (κ3) is 3.67. The number of rotatable bonds is 3. The Labute approximate surface area is 55.2 Å². The molecule has 0 spiro atoms. The minimum atomic E-state index is -0.0731. The summed E-state index contributed by atoms with van der Waals surface area (Å²) in [7, 11) is 0. The van der Waals surface area contributed by atoms with Gasteiger partial charge in [-0.25, -0.2) is 0 Å². The van der Waals surface area contributed by atoms with Crippen molar-refractivity contribution in [2.75, 3.05) is 6.61 Å². The predicted molar refractivity (Wildman–Crippen MR) is 39.5 cm³/mol. The van der Waals surface area contributed by atoms with E-state index in [1.54, 1.807) is 6.92 Å². The van der Waals surface area contributed by atoms with E-state index in [1.165, 1.54) is 6.08 Å². The molecule has 0 unspecified atom stereocenters. The second-order valence-corrected chi connectivity index (χ2v) is 1.70. The second-order valence-electron chi connectivity index (χ2n) is 1.70. The normalized spacial score (nSPS) is 11.1. The van der Waals surface area contributed by atoms with E-state index in [0.29, 0.717) is 11.4 Å². The fourth-order valence-electron chi connectivity index (χ4n) is 0.391. The molecule has 0 saturated carbocycles. The third-order valence-electron chi connectivity index (χ3n) is 0.732. The first kappa shape index (κ1) is 8.11. The molecule has 0 rings (SSSR count). The Morgan fingerprint density at radius 3 is 2.44 bits per heavy atom. The number of allylic oxidation sites excluding steroid dienone is 1. The molecule has 1 N–H and O–H groups in total. The second kappa shape index (κ2) is 4.04. The van der Waals surface area contributed by atoms with Gasteiger partial charge in [0.15, 0.2) is 0 Å². The molecule has 9 heavy (non-hydrogen) atoms. The van der Waals surface area contributed by atoms with Gasteiger partial charge in [0, 0.05) is 5.70 Å². The molecule has 0 aliphatic heterocycles. The van der Waals surface area contributed by atoms with Gasteiger partial charge in [-0.2, -0.15) is 0 Å². The summed E-state index contributed by atoms with van der Waals surface area (Å²) in [6, 6.07) is 0. The fraction of sp³-hybridized carbons (Fsp3) is 0.286. The first-order valence-electron chi connectivity index (χ1n) is 2.67. The van der Waals surface area contributed by atoms with E-state index in [4.69, 9.17) is 5.11 Å². The van der Waals surface area contributed by atoms with Crippen LogP contribution < -0.4 is 0 Å². The van der Waals surface area contributed by atoms with Gasteiger partial charge in [-0.1, -0.05) is 13.2 Å². The number of hydrogen-bond acceptors (Lipinski definition) is 2. The van der Waals surface area contributed by atoms with Crippen LogP contribution in [-0.2, 0) is 0 Å². The van der Waals surface area contributed by atoms with Crippen LogP contribution in [0, 0.1) is 0 Å². The molecule has 0 aromatic heterocycles. The van der Waals surface area contributed by atoms with Gasteiger partial charge in [0.05, 0.1) is 12.3 Å². The number of aliphatic hydroxyl groups excluding tert-OH is 1. The number of aliphatic hydroxyl groups is 1. The van der Waals surface area contributed by atoms with E-state index < -0.39 is 0 Å². The molecular formula is C7H11NO. The lowest BCUT2D eigenvalue weighted by Crippen LogP contribution is -1.98. The molecule has 0 fully saturated rings. The molecule has 0 amide bonds. The van der Waals surface area contributed by atoms with Crippen molar-refractivity contribution in [3.8, 4) is 0 Å². The molecule has 0 heterocycles. The average Bonchev–Trinajstić information content (AvgIpc) is 1.82. The number of hydrogen-bond donors (Lipinski definition) is 1. The van der Waals surface area contributed by atoms with Crippen LogP contribution in [0.1, 0.15) is 6.92 Å². The Kier molecular flexibility index (Phi) is 3.64. The maximum Gasteiger partial charge on any atom is 0.0852 e. The summed E-state index contributed by atoms with van der Waals surface area (Å²) in [6.45, 7) is 8.69. The highest BCUT2D eigenvalue weighted by atomic mass is 16.3. The Bertz CT molecular complexity index is 147. The van der Waals surface area contributed by atoms with Gasteiger partial charge in [0.2, 0.25) is 0 Å². The van der Waals surface area contributed by atoms with E-state index in [9.17, 15) is 0 Å². The van der Waals surface area contributed by atoms with Crippen LogP contribution in [0.2, 0.25) is 0 Å². The molecule has 2 nitrogen and oxygen atoms in total. The van der Waals surface area contributed by atoms with Crippen LogP contribution in [0.5, 0.6) is 0 Å². The van der Waals surface area contributed by atoms with Crippen molar-refractivity contribution in [2.45, 2.75) is 6.92 Å². The van der Waals surface area contributed by atoms with Gasteiger partial charge in [0.25, 0.3) is 0 Å². The van der Waals surface area contributed by atoms with Crippen molar-refractivity contribution in [3.05, 3.63) is 24.9 Å². The minimum absolute atomic E-state index is 0.0731. The summed E-state index contributed by atoms with van der Waals surface area (Å²) in [4.78, 5) is 3.87. The monoisotopic (exact) mass is 125 g/mol. The van der Waals surface area contributed by atoms with Crippen LogP contribution in [0.25, 0.3) is 0 Å². The van der Waals surface area contributed by atoms with Crippen LogP contribution in [0.4, 0.5) is 0 Å². The summed E-state index contributed by atoms with van der Waals surface area (Å²) in [6.07, 6.45) is 1.51. The number of nitrogens with zero attached hydrogens (tertiary/aromatic N) is 1. The van der Waals surface area contributed by atoms with Crippen LogP contribution in [0.3, 0.4) is 0 Å². The molecular weight excluding hydrogens is 114 g/mol. The molecule has 2 heteroatoms. The lowest BCUT2D eigenvalue weighted by Gasteiger charge is -1.92. The zero-order valence-corrected chi connectivity index (χ0v) is 5.59. The fourth-order valence-corrected chi connectivity index (χ4v) is 0.391. The topological polar surface area (TPSA) is 32.6 Å². The van der Waals surface area contributed by atoms with Crippen molar-refractivity contribution in [1.82, 2.24) is 0 Å². The van der Waals surface area contributed by atoms with E-state index in [1.807, 2.05) is 0 Å². The van der Waals surface area contributed by atoms with E-state index in [0.717, 1.165) is 0 Å². The first-order chi connectivity index (χ1) is 4.20. The highest BCUT2D eigenvalue weighted by molar-refractivity contribution is 5.95. The standard InChI is InChI=1S/C7H11NO/c1-4-7(5-9)8-6(2)3/h4,9H,1-2,5H2,3H3. The smallest absolute Gasteiger partial charge is 0.0852 e. The Morgan fingerprint density at radius 2 is 2.33 bits per heavy atom. The van der Waals surface area contributed by atoms with Gasteiger partial charge < -0.3 is 5.11 Å². The van der Waals surface area contributed by atoms with Crippen LogP contribution in [-0.4, -0.2) is 17.4 Å². The molecule has 0 bridgehead atoms. The first-order valence-corrected chi connectivity index (χ1v) is 2.67. The van der Waals surface area contributed by atoms with Gasteiger partial charge in [-0.3, -0.25) is 4.99 Å². The van der Waals surface area contributed by atoms with Gasteiger partial charge in [0.1, 0.15) is 0 Å². The maximum atomic E-state index is 8.53. The molecule has 0 aromatic carbocycles. The van der Waals surface area contributed by atoms with Gasteiger partial charge in [-0.15, -0.1) is 0 Å². The molecule has 0 atom stereocenters. The van der Waals surface area contributed by atoms with E-state index >= 15 is 0 Å². The van der Waals surface area contributed by atoms with Crippen molar-refractivity contribution < 1.29 is 5.11 Å². The van der Waals surface area contributed by atoms with Crippen molar-refractivity contribution in [1.29, 1.82) is 0 Å². The Balaban J connectivity index is 4.07. The molecule has 0 saturated heterocycles.